The first-order valence-corrected chi connectivity index (χ1v) is 9.97. The predicted octanol–water partition coefficient (Wildman–Crippen LogP) is 2.35. The molecule has 1 N–H and O–H groups in total. The molecule has 7 nitrogen and oxygen atoms in total. The van der Waals surface area contributed by atoms with Crippen molar-refractivity contribution in [2.45, 2.75) is 25.7 Å². The third-order valence-corrected chi connectivity index (χ3v) is 4.81. The van der Waals surface area contributed by atoms with Crippen LogP contribution in [0.3, 0.4) is 0 Å². The van der Waals surface area contributed by atoms with Gasteiger partial charge in [-0.05, 0) is 37.0 Å². The van der Waals surface area contributed by atoms with Crippen LogP contribution in [0.25, 0.3) is 0 Å². The number of benzene rings is 2. The Balaban J connectivity index is 1.28. The fourth-order valence-electron chi connectivity index (χ4n) is 3.26. The van der Waals surface area contributed by atoms with Crippen molar-refractivity contribution in [3.8, 4) is 0 Å². The average molecular weight is 408 g/mol. The van der Waals surface area contributed by atoms with Crippen LogP contribution in [0.15, 0.2) is 54.6 Å². The fourth-order valence-corrected chi connectivity index (χ4v) is 3.26. The topological polar surface area (TPSA) is 92.8 Å². The van der Waals surface area contributed by atoms with E-state index in [-0.39, 0.29) is 43.7 Å². The Hall–Kier alpha value is -3.48. The van der Waals surface area contributed by atoms with Crippen LogP contribution in [0.4, 0.5) is 0 Å². The smallest absolute Gasteiger partial charge is 0.306 e. The summed E-state index contributed by atoms with van der Waals surface area (Å²) in [5.74, 6) is -1.58. The molecule has 0 spiro atoms. The molecule has 156 valence electrons. The molecule has 1 aliphatic heterocycles. The van der Waals surface area contributed by atoms with E-state index in [1.54, 1.807) is 24.3 Å². The Kier molecular flexibility index (Phi) is 7.32. The van der Waals surface area contributed by atoms with E-state index in [1.165, 1.54) is 5.56 Å². The predicted molar refractivity (Wildman–Crippen MR) is 110 cm³/mol. The fraction of sp³-hybridized carbons (Fsp3) is 0.304. The molecular weight excluding hydrogens is 384 g/mol. The molecule has 0 aliphatic carbocycles. The monoisotopic (exact) mass is 408 g/mol. The van der Waals surface area contributed by atoms with Gasteiger partial charge in [0.05, 0.1) is 11.1 Å². The van der Waals surface area contributed by atoms with Gasteiger partial charge in [-0.15, -0.1) is 0 Å². The number of aryl methyl sites for hydroxylation is 1. The minimum absolute atomic E-state index is 0.0225. The van der Waals surface area contributed by atoms with Crippen LogP contribution in [-0.4, -0.2) is 48.3 Å². The molecule has 0 atom stereocenters. The van der Waals surface area contributed by atoms with E-state index in [2.05, 4.69) is 5.32 Å². The number of hydrogen-bond donors (Lipinski definition) is 1. The maximum atomic E-state index is 12.2. The molecule has 30 heavy (non-hydrogen) atoms. The molecule has 1 aliphatic rings. The van der Waals surface area contributed by atoms with Gasteiger partial charge in [0, 0.05) is 19.5 Å². The van der Waals surface area contributed by atoms with E-state index < -0.39 is 5.97 Å². The number of imide groups is 1. The zero-order chi connectivity index (χ0) is 21.3. The first-order valence-electron chi connectivity index (χ1n) is 9.97. The Labute approximate surface area is 175 Å². The Morgan fingerprint density at radius 1 is 0.867 bits per heavy atom. The second-order valence-corrected chi connectivity index (χ2v) is 7.01. The van der Waals surface area contributed by atoms with E-state index in [1.807, 2.05) is 30.3 Å². The van der Waals surface area contributed by atoms with E-state index in [0.29, 0.717) is 17.7 Å². The molecular formula is C23H24N2O5. The maximum absolute atomic E-state index is 12.2. The summed E-state index contributed by atoms with van der Waals surface area (Å²) in [5, 5.41) is 2.72. The van der Waals surface area contributed by atoms with Gasteiger partial charge in [0.2, 0.25) is 0 Å². The summed E-state index contributed by atoms with van der Waals surface area (Å²) in [6, 6.07) is 16.6. The number of nitrogens with zero attached hydrogens (tertiary/aromatic N) is 1. The summed E-state index contributed by atoms with van der Waals surface area (Å²) in [5.41, 5.74) is 1.97. The lowest BCUT2D eigenvalue weighted by atomic mass is 10.1. The quantitative estimate of drug-likeness (QED) is 0.370. The highest BCUT2D eigenvalue weighted by molar-refractivity contribution is 6.21. The van der Waals surface area contributed by atoms with E-state index in [9.17, 15) is 19.2 Å². The van der Waals surface area contributed by atoms with Crippen LogP contribution >= 0.6 is 0 Å². The highest BCUT2D eigenvalue weighted by Gasteiger charge is 2.34. The van der Waals surface area contributed by atoms with Gasteiger partial charge in [0.25, 0.3) is 17.7 Å². The normalized spacial score (nSPS) is 12.6. The van der Waals surface area contributed by atoms with Gasteiger partial charge in [0.1, 0.15) is 0 Å². The number of nitrogens with one attached hydrogen (secondary N) is 1. The zero-order valence-corrected chi connectivity index (χ0v) is 16.6. The number of ether oxygens (including phenoxy) is 1. The van der Waals surface area contributed by atoms with Crippen LogP contribution < -0.4 is 5.32 Å². The molecule has 2 aromatic rings. The summed E-state index contributed by atoms with van der Waals surface area (Å²) in [6.07, 6.45) is 1.96. The standard InChI is InChI=1S/C23H24N2O5/c26-20(24-14-6-10-17-8-2-1-3-9-17)16-30-21(27)13-7-15-25-22(28)18-11-4-5-12-19(18)23(25)29/h1-5,8-9,11-12H,6-7,10,13-16H2,(H,24,26). The molecule has 7 heteroatoms. The molecule has 0 radical (unpaired) electrons. The molecule has 0 saturated heterocycles. The molecule has 0 aromatic heterocycles. The van der Waals surface area contributed by atoms with Crippen molar-refractivity contribution in [1.29, 1.82) is 0 Å². The molecule has 1 heterocycles. The second kappa shape index (κ2) is 10.3. The first kappa shape index (κ1) is 21.2. The SMILES string of the molecule is O=C(COC(=O)CCCN1C(=O)c2ccccc2C1=O)NCCCc1ccccc1. The van der Waals surface area contributed by atoms with Crippen LogP contribution in [0, 0.1) is 0 Å². The van der Waals surface area contributed by atoms with Crippen LogP contribution in [0.5, 0.6) is 0 Å². The Morgan fingerprint density at radius 2 is 1.50 bits per heavy atom. The molecule has 2 aromatic carbocycles. The summed E-state index contributed by atoms with van der Waals surface area (Å²) in [6.45, 7) is 0.301. The molecule has 3 amide bonds. The summed E-state index contributed by atoms with van der Waals surface area (Å²) < 4.78 is 4.96. The van der Waals surface area contributed by atoms with E-state index in [4.69, 9.17) is 4.74 Å². The number of hydrogen-bond acceptors (Lipinski definition) is 5. The third-order valence-electron chi connectivity index (χ3n) is 4.81. The van der Waals surface area contributed by atoms with Gasteiger partial charge < -0.3 is 10.1 Å². The molecule has 0 saturated carbocycles. The van der Waals surface area contributed by atoms with Crippen molar-refractivity contribution < 1.29 is 23.9 Å². The molecule has 0 fully saturated rings. The number of carbonyl (C=O) groups excluding carboxylic acids is 4. The molecule has 0 unspecified atom stereocenters. The number of rotatable bonds is 10. The van der Waals surface area contributed by atoms with Gasteiger partial charge in [0.15, 0.2) is 6.61 Å². The van der Waals surface area contributed by atoms with Gasteiger partial charge in [-0.1, -0.05) is 42.5 Å². The largest absolute Gasteiger partial charge is 0.456 e. The van der Waals surface area contributed by atoms with Gasteiger partial charge in [-0.2, -0.15) is 0 Å². The Morgan fingerprint density at radius 3 is 2.17 bits per heavy atom. The second-order valence-electron chi connectivity index (χ2n) is 7.01. The van der Waals surface area contributed by atoms with Crippen molar-refractivity contribution in [1.82, 2.24) is 10.2 Å². The van der Waals surface area contributed by atoms with Crippen LogP contribution in [0.2, 0.25) is 0 Å². The summed E-state index contributed by atoms with van der Waals surface area (Å²) in [4.78, 5) is 49.2. The third kappa shape index (κ3) is 5.53. The highest BCUT2D eigenvalue weighted by Crippen LogP contribution is 2.22. The Bertz CT molecular complexity index is 891. The van der Waals surface area contributed by atoms with Gasteiger partial charge in [-0.3, -0.25) is 24.1 Å². The first-order chi connectivity index (χ1) is 14.6. The lowest BCUT2D eigenvalue weighted by Crippen LogP contribution is -2.31. The van der Waals surface area contributed by atoms with Crippen molar-refractivity contribution in [2.75, 3.05) is 19.7 Å². The van der Waals surface area contributed by atoms with Gasteiger partial charge >= 0.3 is 5.97 Å². The number of amides is 3. The minimum Gasteiger partial charge on any atom is -0.456 e. The van der Waals surface area contributed by atoms with E-state index in [0.717, 1.165) is 17.7 Å². The lowest BCUT2D eigenvalue weighted by molar-refractivity contribution is -0.148. The average Bonchev–Trinajstić information content (AvgIpc) is 3.01. The molecule has 0 bridgehead atoms. The summed E-state index contributed by atoms with van der Waals surface area (Å²) >= 11 is 0. The minimum atomic E-state index is -0.536. The maximum Gasteiger partial charge on any atom is 0.306 e. The van der Waals surface area contributed by atoms with Crippen molar-refractivity contribution in [3.05, 3.63) is 71.3 Å². The van der Waals surface area contributed by atoms with Crippen LogP contribution in [0.1, 0.15) is 45.5 Å². The summed E-state index contributed by atoms with van der Waals surface area (Å²) in [7, 11) is 0. The van der Waals surface area contributed by atoms with Crippen molar-refractivity contribution in [2.24, 2.45) is 0 Å². The number of fused-ring (bicyclic) bond motifs is 1. The zero-order valence-electron chi connectivity index (χ0n) is 16.6. The number of esters is 1. The highest BCUT2D eigenvalue weighted by atomic mass is 16.5. The molecule has 3 rings (SSSR count). The van der Waals surface area contributed by atoms with Crippen molar-refractivity contribution >= 4 is 23.7 Å². The van der Waals surface area contributed by atoms with Crippen LogP contribution in [-0.2, 0) is 20.7 Å². The number of carbonyl (C=O) groups is 4. The van der Waals surface area contributed by atoms with E-state index >= 15 is 0 Å². The van der Waals surface area contributed by atoms with Gasteiger partial charge in [-0.25, -0.2) is 0 Å². The lowest BCUT2D eigenvalue weighted by Gasteiger charge is -2.13. The van der Waals surface area contributed by atoms with Crippen molar-refractivity contribution in [3.63, 3.8) is 0 Å².